The average molecular weight is 330 g/mol. The molecule has 0 unspecified atom stereocenters. The molecule has 0 radical (unpaired) electrons. The van der Waals surface area contributed by atoms with Crippen LogP contribution < -0.4 is 4.74 Å². The molecule has 2 aliphatic rings. The number of methoxy groups -OCH3 is 1. The highest BCUT2D eigenvalue weighted by Gasteiger charge is 2.45. The highest BCUT2D eigenvalue weighted by atomic mass is 16.7. The first-order valence-electron chi connectivity index (χ1n) is 8.60. The van der Waals surface area contributed by atoms with Crippen LogP contribution in [0.2, 0.25) is 0 Å². The van der Waals surface area contributed by atoms with Gasteiger partial charge < -0.3 is 14.5 Å². The van der Waals surface area contributed by atoms with Crippen LogP contribution in [0.5, 0.6) is 5.75 Å². The molecule has 0 bridgehead atoms. The molecule has 1 aromatic rings. The summed E-state index contributed by atoms with van der Waals surface area (Å²) in [6, 6.07) is 7.68. The zero-order valence-electron chi connectivity index (χ0n) is 14.9. The molecule has 1 aromatic carbocycles. The van der Waals surface area contributed by atoms with Gasteiger partial charge in [-0.25, -0.2) is 0 Å². The van der Waals surface area contributed by atoms with Crippen LogP contribution in [0.1, 0.15) is 39.2 Å². The summed E-state index contributed by atoms with van der Waals surface area (Å²) in [4.78, 5) is 20.6. The summed E-state index contributed by atoms with van der Waals surface area (Å²) in [6.45, 7) is 7.86. The number of nitrogens with zero attached hydrogens (tertiary/aromatic N) is 2. The van der Waals surface area contributed by atoms with E-state index in [9.17, 15) is 4.79 Å². The van der Waals surface area contributed by atoms with E-state index >= 15 is 0 Å². The molecule has 0 N–H and O–H groups in total. The van der Waals surface area contributed by atoms with Gasteiger partial charge in [-0.05, 0) is 55.0 Å². The Hall–Kier alpha value is -2.04. The van der Waals surface area contributed by atoms with Crippen LogP contribution >= 0.6 is 0 Å². The summed E-state index contributed by atoms with van der Waals surface area (Å²) >= 11 is 0. The zero-order chi connectivity index (χ0) is 17.3. The summed E-state index contributed by atoms with van der Waals surface area (Å²) in [5.74, 6) is 1.91. The van der Waals surface area contributed by atoms with Crippen molar-refractivity contribution in [1.29, 1.82) is 0 Å². The number of carbonyl (C=O) groups excluding carboxylic acids is 1. The van der Waals surface area contributed by atoms with Gasteiger partial charge in [0.05, 0.1) is 12.8 Å². The quantitative estimate of drug-likeness (QED) is 0.856. The standard InChI is InChI=1S/C19H26N2O3/c1-13-9-14(2)12-21(11-13)18(22)19(3)10-17(20-24-19)15-5-7-16(23-4)8-6-15/h5-8,13-14H,9-12H2,1-4H3/t13-,14-,19+/m1/s1. The Labute approximate surface area is 143 Å². The topological polar surface area (TPSA) is 51.1 Å². The van der Waals surface area contributed by atoms with Crippen molar-refractivity contribution in [3.8, 4) is 5.75 Å². The monoisotopic (exact) mass is 330 g/mol. The highest BCUT2D eigenvalue weighted by Crippen LogP contribution is 2.31. The van der Waals surface area contributed by atoms with Gasteiger partial charge in [-0.15, -0.1) is 0 Å². The van der Waals surface area contributed by atoms with Crippen molar-refractivity contribution >= 4 is 11.6 Å². The molecule has 1 fully saturated rings. The largest absolute Gasteiger partial charge is 0.497 e. The maximum atomic E-state index is 13.0. The highest BCUT2D eigenvalue weighted by molar-refractivity contribution is 6.05. The summed E-state index contributed by atoms with van der Waals surface area (Å²) < 4.78 is 5.18. The van der Waals surface area contributed by atoms with E-state index in [4.69, 9.17) is 9.57 Å². The number of hydrogen-bond donors (Lipinski definition) is 0. The maximum Gasteiger partial charge on any atom is 0.269 e. The first-order valence-corrected chi connectivity index (χ1v) is 8.60. The molecule has 0 aromatic heterocycles. The third-order valence-corrected chi connectivity index (χ3v) is 4.89. The van der Waals surface area contributed by atoms with E-state index in [-0.39, 0.29) is 5.91 Å². The van der Waals surface area contributed by atoms with Crippen LogP contribution in [0.3, 0.4) is 0 Å². The number of amides is 1. The fourth-order valence-corrected chi connectivity index (χ4v) is 3.76. The molecule has 2 aliphatic heterocycles. The molecule has 5 nitrogen and oxygen atoms in total. The molecule has 3 atom stereocenters. The smallest absolute Gasteiger partial charge is 0.269 e. The van der Waals surface area contributed by atoms with Gasteiger partial charge in [0.15, 0.2) is 0 Å². The number of carbonyl (C=O) groups is 1. The third-order valence-electron chi connectivity index (χ3n) is 4.89. The van der Waals surface area contributed by atoms with E-state index in [0.717, 1.165) is 30.1 Å². The molecular weight excluding hydrogens is 304 g/mol. The van der Waals surface area contributed by atoms with Crippen LogP contribution in [-0.4, -0.2) is 42.3 Å². The molecule has 2 heterocycles. The molecular formula is C19H26N2O3. The second kappa shape index (κ2) is 6.46. The maximum absolute atomic E-state index is 13.0. The average Bonchev–Trinajstić information content (AvgIpc) is 2.97. The molecule has 24 heavy (non-hydrogen) atoms. The zero-order valence-corrected chi connectivity index (χ0v) is 14.9. The van der Waals surface area contributed by atoms with Crippen molar-refractivity contribution in [2.75, 3.05) is 20.2 Å². The van der Waals surface area contributed by atoms with Crippen LogP contribution in [0.25, 0.3) is 0 Å². The number of piperidine rings is 1. The molecule has 1 amide bonds. The lowest BCUT2D eigenvalue weighted by Gasteiger charge is -2.38. The number of oxime groups is 1. The van der Waals surface area contributed by atoms with Crippen molar-refractivity contribution in [3.63, 3.8) is 0 Å². The SMILES string of the molecule is COc1ccc(C2=NO[C@](C)(C(=O)N3C[C@H](C)C[C@@H](C)C3)C2)cc1. The van der Waals surface area contributed by atoms with Crippen molar-refractivity contribution in [3.05, 3.63) is 29.8 Å². The van der Waals surface area contributed by atoms with Gasteiger partial charge >= 0.3 is 0 Å². The van der Waals surface area contributed by atoms with Gasteiger partial charge in [0.25, 0.3) is 5.91 Å². The summed E-state index contributed by atoms with van der Waals surface area (Å²) in [5, 5.41) is 4.20. The summed E-state index contributed by atoms with van der Waals surface area (Å²) in [5.41, 5.74) is 0.880. The fourth-order valence-electron chi connectivity index (χ4n) is 3.76. The van der Waals surface area contributed by atoms with Crippen molar-refractivity contribution in [1.82, 2.24) is 4.90 Å². The molecule has 0 saturated carbocycles. The Morgan fingerprint density at radius 3 is 2.46 bits per heavy atom. The lowest BCUT2D eigenvalue weighted by Crippen LogP contribution is -2.52. The van der Waals surface area contributed by atoms with Crippen LogP contribution in [0.4, 0.5) is 0 Å². The minimum absolute atomic E-state index is 0.0492. The predicted octanol–water partition coefficient (Wildman–Crippen LogP) is 3.08. The summed E-state index contributed by atoms with van der Waals surface area (Å²) in [6.07, 6.45) is 1.67. The van der Waals surface area contributed by atoms with E-state index in [1.165, 1.54) is 6.42 Å². The Kier molecular flexibility index (Phi) is 4.52. The number of ether oxygens (including phenoxy) is 1. The molecule has 1 saturated heterocycles. The first kappa shape index (κ1) is 16.8. The van der Waals surface area contributed by atoms with Crippen molar-refractivity contribution in [2.45, 2.75) is 39.2 Å². The minimum atomic E-state index is -0.897. The Balaban J connectivity index is 1.70. The van der Waals surface area contributed by atoms with E-state index in [0.29, 0.717) is 18.3 Å². The van der Waals surface area contributed by atoms with Gasteiger partial charge in [-0.2, -0.15) is 0 Å². The van der Waals surface area contributed by atoms with Gasteiger partial charge in [0.2, 0.25) is 5.60 Å². The Bertz CT molecular complexity index is 631. The molecule has 0 spiro atoms. The van der Waals surface area contributed by atoms with Gasteiger partial charge in [-0.3, -0.25) is 4.79 Å². The summed E-state index contributed by atoms with van der Waals surface area (Å²) in [7, 11) is 1.64. The van der Waals surface area contributed by atoms with Crippen molar-refractivity contribution < 1.29 is 14.4 Å². The molecule has 5 heteroatoms. The van der Waals surface area contributed by atoms with Crippen molar-refractivity contribution in [2.24, 2.45) is 17.0 Å². The predicted molar refractivity (Wildman–Crippen MR) is 93.2 cm³/mol. The van der Waals surface area contributed by atoms with E-state index in [1.807, 2.05) is 36.1 Å². The second-order valence-electron chi connectivity index (χ2n) is 7.42. The van der Waals surface area contributed by atoms with Crippen LogP contribution in [-0.2, 0) is 9.63 Å². The van der Waals surface area contributed by atoms with Gasteiger partial charge in [0.1, 0.15) is 5.75 Å². The molecule has 0 aliphatic carbocycles. The Morgan fingerprint density at radius 1 is 1.25 bits per heavy atom. The van der Waals surface area contributed by atoms with E-state index in [1.54, 1.807) is 7.11 Å². The van der Waals surface area contributed by atoms with Gasteiger partial charge in [-0.1, -0.05) is 19.0 Å². The number of rotatable bonds is 3. The minimum Gasteiger partial charge on any atom is -0.497 e. The normalized spacial score (nSPS) is 29.8. The number of hydrogen-bond acceptors (Lipinski definition) is 4. The second-order valence-corrected chi connectivity index (χ2v) is 7.42. The van der Waals surface area contributed by atoms with E-state index < -0.39 is 5.60 Å². The fraction of sp³-hybridized carbons (Fsp3) is 0.579. The first-order chi connectivity index (χ1) is 11.4. The Morgan fingerprint density at radius 2 is 1.88 bits per heavy atom. The number of likely N-dealkylation sites (tertiary alicyclic amines) is 1. The number of benzene rings is 1. The van der Waals surface area contributed by atoms with Gasteiger partial charge in [0, 0.05) is 19.5 Å². The molecule has 3 rings (SSSR count). The van der Waals surface area contributed by atoms with Crippen LogP contribution in [0.15, 0.2) is 29.4 Å². The molecule has 130 valence electrons. The lowest BCUT2D eigenvalue weighted by molar-refractivity contribution is -0.156. The lowest BCUT2D eigenvalue weighted by atomic mass is 9.89. The van der Waals surface area contributed by atoms with Crippen LogP contribution in [0, 0.1) is 11.8 Å². The third kappa shape index (κ3) is 3.25. The van der Waals surface area contributed by atoms with E-state index in [2.05, 4.69) is 19.0 Å².